The van der Waals surface area contributed by atoms with Gasteiger partial charge in [-0.25, -0.2) is 4.39 Å². The lowest BCUT2D eigenvalue weighted by atomic mass is 9.93. The molecule has 1 N–H and O–H groups in total. The summed E-state index contributed by atoms with van der Waals surface area (Å²) in [6.07, 6.45) is 3.56. The van der Waals surface area contributed by atoms with Gasteiger partial charge in [-0.1, -0.05) is 36.8 Å². The van der Waals surface area contributed by atoms with Gasteiger partial charge in [-0.2, -0.15) is 0 Å². The van der Waals surface area contributed by atoms with Gasteiger partial charge in [0.25, 0.3) is 5.91 Å². The lowest BCUT2D eigenvalue weighted by Crippen LogP contribution is -2.35. The Morgan fingerprint density at radius 1 is 1.00 bits per heavy atom. The summed E-state index contributed by atoms with van der Waals surface area (Å²) in [5, 5.41) is 4.06. The monoisotopic (exact) mass is 422 g/mol. The lowest BCUT2D eigenvalue weighted by molar-refractivity contribution is 0.102. The summed E-state index contributed by atoms with van der Waals surface area (Å²) in [6, 6.07) is 16.1. The van der Waals surface area contributed by atoms with Gasteiger partial charge in [0.2, 0.25) is 0 Å². The van der Waals surface area contributed by atoms with E-state index in [0.717, 1.165) is 42.1 Å². The van der Waals surface area contributed by atoms with E-state index >= 15 is 0 Å². The molecule has 1 atom stereocenters. The topological polar surface area (TPSA) is 32.3 Å². The van der Waals surface area contributed by atoms with E-state index in [1.54, 1.807) is 11.3 Å². The summed E-state index contributed by atoms with van der Waals surface area (Å²) < 4.78 is 13.6. The van der Waals surface area contributed by atoms with Crippen LogP contribution in [0.4, 0.5) is 9.39 Å². The number of anilines is 1. The summed E-state index contributed by atoms with van der Waals surface area (Å²) in [5.74, 6) is -0.332. The van der Waals surface area contributed by atoms with Crippen molar-refractivity contribution in [3.05, 3.63) is 87.5 Å². The molecule has 3 nitrogen and oxygen atoms in total. The molecule has 1 aliphatic heterocycles. The quantitative estimate of drug-likeness (QED) is 0.521. The highest BCUT2D eigenvalue weighted by Crippen LogP contribution is 2.43. The maximum Gasteiger partial charge on any atom is 0.256 e. The third-order valence-electron chi connectivity index (χ3n) is 5.91. The van der Waals surface area contributed by atoms with Crippen molar-refractivity contribution in [1.29, 1.82) is 0 Å². The van der Waals surface area contributed by atoms with Gasteiger partial charge in [0, 0.05) is 16.0 Å². The maximum absolute atomic E-state index is 13.6. The molecule has 0 saturated carbocycles. The van der Waals surface area contributed by atoms with Gasteiger partial charge in [0.1, 0.15) is 10.8 Å². The van der Waals surface area contributed by atoms with Crippen molar-refractivity contribution in [2.75, 3.05) is 18.4 Å². The zero-order chi connectivity index (χ0) is 21.1. The van der Waals surface area contributed by atoms with Gasteiger partial charge in [0.05, 0.1) is 6.04 Å². The Morgan fingerprint density at radius 2 is 1.67 bits per heavy atom. The number of hydrogen-bond acceptors (Lipinski definition) is 3. The SMILES string of the molecule is Cc1sc(NC(=O)c2ccccc2)c(C(c2ccc(F)cc2)N2CCCCC2)c1C. The number of nitrogens with one attached hydrogen (secondary N) is 1. The third kappa shape index (κ3) is 4.32. The van der Waals surface area contributed by atoms with Gasteiger partial charge < -0.3 is 5.32 Å². The van der Waals surface area contributed by atoms with E-state index < -0.39 is 0 Å². The van der Waals surface area contributed by atoms with Crippen LogP contribution in [-0.2, 0) is 0 Å². The number of aryl methyl sites for hydroxylation is 1. The summed E-state index contributed by atoms with van der Waals surface area (Å²) in [6.45, 7) is 6.23. The fourth-order valence-electron chi connectivity index (χ4n) is 4.21. The van der Waals surface area contributed by atoms with Crippen LogP contribution in [0, 0.1) is 19.7 Å². The third-order valence-corrected chi connectivity index (χ3v) is 7.05. The minimum atomic E-state index is -0.230. The number of rotatable bonds is 5. The van der Waals surface area contributed by atoms with Crippen LogP contribution in [0.3, 0.4) is 0 Å². The molecule has 1 aliphatic rings. The van der Waals surface area contributed by atoms with Crippen molar-refractivity contribution < 1.29 is 9.18 Å². The molecule has 30 heavy (non-hydrogen) atoms. The lowest BCUT2D eigenvalue weighted by Gasteiger charge is -2.36. The van der Waals surface area contributed by atoms with E-state index in [2.05, 4.69) is 24.1 Å². The molecule has 4 rings (SSSR count). The average Bonchev–Trinajstić information content (AvgIpc) is 3.04. The van der Waals surface area contributed by atoms with Crippen LogP contribution in [-0.4, -0.2) is 23.9 Å². The van der Waals surface area contributed by atoms with E-state index in [1.165, 1.54) is 29.0 Å². The first-order chi connectivity index (χ1) is 14.5. The Morgan fingerprint density at radius 3 is 2.33 bits per heavy atom. The Labute approximate surface area is 181 Å². The highest BCUT2D eigenvalue weighted by molar-refractivity contribution is 7.16. The van der Waals surface area contributed by atoms with Crippen molar-refractivity contribution in [1.82, 2.24) is 4.90 Å². The van der Waals surface area contributed by atoms with Gasteiger partial charge in [-0.3, -0.25) is 9.69 Å². The number of carbonyl (C=O) groups excluding carboxylic acids is 1. The Balaban J connectivity index is 1.76. The normalized spacial score (nSPS) is 15.7. The van der Waals surface area contributed by atoms with Crippen LogP contribution in [0.1, 0.15) is 57.2 Å². The number of amides is 1. The minimum Gasteiger partial charge on any atom is -0.313 e. The van der Waals surface area contributed by atoms with Gasteiger partial charge in [0.15, 0.2) is 0 Å². The first-order valence-corrected chi connectivity index (χ1v) is 11.3. The molecule has 0 radical (unpaired) electrons. The van der Waals surface area contributed by atoms with Crippen LogP contribution < -0.4 is 5.32 Å². The number of thiophene rings is 1. The van der Waals surface area contributed by atoms with Crippen LogP contribution in [0.5, 0.6) is 0 Å². The minimum absolute atomic E-state index is 0.00178. The van der Waals surface area contributed by atoms with E-state index in [4.69, 9.17) is 0 Å². The second kappa shape index (κ2) is 9.11. The predicted molar refractivity (Wildman–Crippen MR) is 122 cm³/mol. The number of hydrogen-bond donors (Lipinski definition) is 1. The number of halogens is 1. The smallest absolute Gasteiger partial charge is 0.256 e. The summed E-state index contributed by atoms with van der Waals surface area (Å²) in [4.78, 5) is 16.6. The highest BCUT2D eigenvalue weighted by atomic mass is 32.1. The van der Waals surface area contributed by atoms with Gasteiger partial charge >= 0.3 is 0 Å². The van der Waals surface area contributed by atoms with Crippen molar-refractivity contribution in [3.63, 3.8) is 0 Å². The molecule has 0 spiro atoms. The van der Waals surface area contributed by atoms with Crippen LogP contribution in [0.25, 0.3) is 0 Å². The van der Waals surface area contributed by atoms with Crippen molar-refractivity contribution in [2.24, 2.45) is 0 Å². The molecule has 3 aromatic rings. The number of carbonyl (C=O) groups is 1. The average molecular weight is 423 g/mol. The van der Waals surface area contributed by atoms with Crippen molar-refractivity contribution >= 4 is 22.2 Å². The Kier molecular flexibility index (Phi) is 6.30. The summed E-state index contributed by atoms with van der Waals surface area (Å²) in [5.41, 5.74) is 4.04. The summed E-state index contributed by atoms with van der Waals surface area (Å²) >= 11 is 1.62. The summed E-state index contributed by atoms with van der Waals surface area (Å²) in [7, 11) is 0. The molecule has 5 heteroatoms. The largest absolute Gasteiger partial charge is 0.313 e. The second-order valence-corrected chi connectivity index (χ2v) is 9.12. The van der Waals surface area contributed by atoms with Gasteiger partial charge in [-0.15, -0.1) is 11.3 Å². The molecule has 2 aromatic carbocycles. The molecule has 1 unspecified atom stereocenters. The number of piperidine rings is 1. The highest BCUT2D eigenvalue weighted by Gasteiger charge is 2.30. The van der Waals surface area contributed by atoms with Crippen molar-refractivity contribution in [3.8, 4) is 0 Å². The molecular formula is C25H27FN2OS. The first-order valence-electron chi connectivity index (χ1n) is 10.5. The molecule has 2 heterocycles. The van der Waals surface area contributed by atoms with E-state index in [1.807, 2.05) is 42.5 Å². The molecule has 0 aliphatic carbocycles. The van der Waals surface area contributed by atoms with Crippen molar-refractivity contribution in [2.45, 2.75) is 39.2 Å². The van der Waals surface area contributed by atoms with Crippen LogP contribution >= 0.6 is 11.3 Å². The predicted octanol–water partition coefficient (Wildman–Crippen LogP) is 6.33. The number of nitrogens with zero attached hydrogens (tertiary/aromatic N) is 1. The molecule has 1 amide bonds. The van der Waals surface area contributed by atoms with E-state index in [9.17, 15) is 9.18 Å². The second-order valence-electron chi connectivity index (χ2n) is 7.90. The zero-order valence-electron chi connectivity index (χ0n) is 17.5. The van der Waals surface area contributed by atoms with E-state index in [0.29, 0.717) is 5.56 Å². The zero-order valence-corrected chi connectivity index (χ0v) is 18.3. The van der Waals surface area contributed by atoms with Crippen LogP contribution in [0.2, 0.25) is 0 Å². The molecule has 0 bridgehead atoms. The Bertz CT molecular complexity index is 1010. The molecule has 156 valence electrons. The number of benzene rings is 2. The van der Waals surface area contributed by atoms with Gasteiger partial charge in [-0.05, 0) is 75.2 Å². The maximum atomic E-state index is 13.6. The number of likely N-dealkylation sites (tertiary alicyclic amines) is 1. The fraction of sp³-hybridized carbons (Fsp3) is 0.320. The standard InChI is InChI=1S/C25H27FN2OS/c1-17-18(2)30-25(27-24(29)20-9-5-3-6-10-20)22(17)23(28-15-7-4-8-16-28)19-11-13-21(26)14-12-19/h3,5-6,9-14,23H,4,7-8,15-16H2,1-2H3,(H,27,29). The van der Waals surface area contributed by atoms with E-state index in [-0.39, 0.29) is 17.8 Å². The molecular weight excluding hydrogens is 395 g/mol. The van der Waals surface area contributed by atoms with Crippen LogP contribution in [0.15, 0.2) is 54.6 Å². The molecule has 1 fully saturated rings. The molecule has 1 aromatic heterocycles. The molecule has 1 saturated heterocycles. The first kappa shape index (κ1) is 20.8. The Hall–Kier alpha value is -2.50. The fourth-order valence-corrected chi connectivity index (χ4v) is 5.30.